The molecule has 49 heavy (non-hydrogen) atoms. The third kappa shape index (κ3) is 12.3. The van der Waals surface area contributed by atoms with Crippen LogP contribution in [0.3, 0.4) is 0 Å². The van der Waals surface area contributed by atoms with Gasteiger partial charge >= 0.3 is 0 Å². The van der Waals surface area contributed by atoms with Gasteiger partial charge in [-0.25, -0.2) is 0 Å². The van der Waals surface area contributed by atoms with Gasteiger partial charge in [0, 0.05) is 93.7 Å². The average molecular weight is 722 g/mol. The summed E-state index contributed by atoms with van der Waals surface area (Å²) < 4.78 is 0. The zero-order valence-corrected chi connectivity index (χ0v) is 32.7. The first-order valence-electron chi connectivity index (χ1n) is 20.3. The van der Waals surface area contributed by atoms with Crippen LogP contribution in [0.15, 0.2) is 18.2 Å². The third-order valence-electron chi connectivity index (χ3n) is 13.1. The molecule has 5 fully saturated rings. The quantitative estimate of drug-likeness (QED) is 0.266. The second-order valence-corrected chi connectivity index (χ2v) is 17.8. The maximum absolute atomic E-state index is 11.7. The van der Waals surface area contributed by atoms with E-state index in [9.17, 15) is 10.2 Å². The summed E-state index contributed by atoms with van der Waals surface area (Å²) in [5.74, 6) is 1.61. The van der Waals surface area contributed by atoms with Crippen LogP contribution in [0.1, 0.15) is 115 Å². The summed E-state index contributed by atoms with van der Waals surface area (Å²) in [4.78, 5) is 9.98. The average Bonchev–Trinajstić information content (AvgIpc) is 3.25. The van der Waals surface area contributed by atoms with E-state index in [4.69, 9.17) is 23.2 Å². The van der Waals surface area contributed by atoms with Crippen molar-refractivity contribution < 1.29 is 10.2 Å². The third-order valence-corrected chi connectivity index (χ3v) is 13.7. The lowest BCUT2D eigenvalue weighted by atomic mass is 9.73. The van der Waals surface area contributed by atoms with E-state index < -0.39 is 5.60 Å². The van der Waals surface area contributed by atoms with E-state index in [1.54, 1.807) is 6.07 Å². The lowest BCUT2D eigenvalue weighted by Gasteiger charge is -2.42. The number of aliphatic hydroxyl groups is 2. The molecule has 2 aliphatic heterocycles. The first-order chi connectivity index (χ1) is 23.6. The standard InChI is InChI=1S/C21H32Cl2N2O.C20H38N2O/c1-24-10-12-25(13-11-24)16-18-6-4-2-3-5-9-21(18,26)15-17-7-8-19(22)14-20(17)23;1-21-12-14-22(15-13-21)17-19-10-6-3-7-11-20(19,23)16-18-8-4-2-5-9-18/h7-8,14,18,26H,2-6,9-13,15-16H2,1H3;18-19,23H,2-17H2,1H3. The summed E-state index contributed by atoms with van der Waals surface area (Å²) in [6, 6.07) is 5.65. The van der Waals surface area contributed by atoms with Crippen molar-refractivity contribution in [1.82, 2.24) is 19.6 Å². The largest absolute Gasteiger partial charge is 0.390 e. The molecule has 3 saturated carbocycles. The number of rotatable bonds is 8. The van der Waals surface area contributed by atoms with Gasteiger partial charge in [0.15, 0.2) is 0 Å². The van der Waals surface area contributed by atoms with E-state index in [1.165, 1.54) is 103 Å². The molecular weight excluding hydrogens is 651 g/mol. The van der Waals surface area contributed by atoms with Gasteiger partial charge in [0.05, 0.1) is 11.2 Å². The number of hydrogen-bond donors (Lipinski definition) is 2. The smallest absolute Gasteiger partial charge is 0.0728 e. The number of nitrogens with zero attached hydrogens (tertiary/aromatic N) is 4. The van der Waals surface area contributed by atoms with Crippen LogP contribution in [0.25, 0.3) is 0 Å². The number of piperazine rings is 2. The fourth-order valence-electron chi connectivity index (χ4n) is 9.71. The van der Waals surface area contributed by atoms with E-state index in [-0.39, 0.29) is 5.60 Å². The highest BCUT2D eigenvalue weighted by Gasteiger charge is 2.41. The predicted molar refractivity (Wildman–Crippen MR) is 207 cm³/mol. The monoisotopic (exact) mass is 720 g/mol. The maximum Gasteiger partial charge on any atom is 0.0728 e. The van der Waals surface area contributed by atoms with Crippen LogP contribution in [-0.2, 0) is 6.42 Å². The number of halogens is 2. The Balaban J connectivity index is 0.000000192. The highest BCUT2D eigenvalue weighted by molar-refractivity contribution is 6.35. The van der Waals surface area contributed by atoms with Crippen molar-refractivity contribution in [2.45, 2.75) is 127 Å². The highest BCUT2D eigenvalue weighted by Crippen LogP contribution is 2.41. The fourth-order valence-corrected chi connectivity index (χ4v) is 10.2. The van der Waals surface area contributed by atoms with Crippen molar-refractivity contribution in [1.29, 1.82) is 0 Å². The van der Waals surface area contributed by atoms with Crippen LogP contribution in [-0.4, -0.2) is 121 Å². The van der Waals surface area contributed by atoms with Gasteiger partial charge in [-0.2, -0.15) is 0 Å². The number of benzene rings is 1. The minimum absolute atomic E-state index is 0.304. The molecule has 0 radical (unpaired) electrons. The van der Waals surface area contributed by atoms with E-state index >= 15 is 0 Å². The summed E-state index contributed by atoms with van der Waals surface area (Å²) >= 11 is 12.5. The number of hydrogen-bond acceptors (Lipinski definition) is 6. The molecule has 1 aromatic carbocycles. The molecule has 1 aromatic rings. The molecule has 2 heterocycles. The molecule has 280 valence electrons. The predicted octanol–water partition coefficient (Wildman–Crippen LogP) is 8.00. The molecule has 2 N–H and O–H groups in total. The van der Waals surface area contributed by atoms with Gasteiger partial charge in [0.1, 0.15) is 0 Å². The van der Waals surface area contributed by atoms with Crippen LogP contribution in [0, 0.1) is 17.8 Å². The Morgan fingerprint density at radius 1 is 0.612 bits per heavy atom. The summed E-state index contributed by atoms with van der Waals surface area (Å²) in [6.45, 7) is 11.3. The van der Waals surface area contributed by atoms with Crippen LogP contribution in [0.2, 0.25) is 10.0 Å². The molecule has 6 nitrogen and oxygen atoms in total. The van der Waals surface area contributed by atoms with Crippen LogP contribution in [0.4, 0.5) is 0 Å². The van der Waals surface area contributed by atoms with Crippen molar-refractivity contribution in [2.24, 2.45) is 17.8 Å². The normalized spacial score (nSPS) is 32.4. The molecule has 4 atom stereocenters. The second kappa shape index (κ2) is 19.6. The molecule has 0 amide bonds. The SMILES string of the molecule is CN1CCN(CC2CCCCCC2(O)CC2CCCCC2)CC1.CN1CCN(CC2CCCCCCC2(O)Cc2ccc(Cl)cc2Cl)CC1. The van der Waals surface area contributed by atoms with E-state index in [2.05, 4.69) is 33.7 Å². The Bertz CT molecular complexity index is 1100. The van der Waals surface area contributed by atoms with E-state index in [1.807, 2.05) is 12.1 Å². The van der Waals surface area contributed by atoms with E-state index in [0.29, 0.717) is 28.3 Å². The van der Waals surface area contributed by atoms with Crippen LogP contribution < -0.4 is 0 Å². The Morgan fingerprint density at radius 2 is 1.08 bits per heavy atom. The maximum atomic E-state index is 11.7. The first-order valence-corrected chi connectivity index (χ1v) is 21.1. The van der Waals surface area contributed by atoms with Gasteiger partial charge in [0.25, 0.3) is 0 Å². The summed E-state index contributed by atoms with van der Waals surface area (Å²) in [7, 11) is 4.41. The summed E-state index contributed by atoms with van der Waals surface area (Å²) in [5.41, 5.74) is -0.0363. The Labute approximate surface area is 309 Å². The van der Waals surface area contributed by atoms with Crippen LogP contribution in [0.5, 0.6) is 0 Å². The molecule has 0 bridgehead atoms. The Kier molecular flexibility index (Phi) is 15.9. The van der Waals surface area contributed by atoms with Gasteiger partial charge in [-0.05, 0) is 69.8 Å². The van der Waals surface area contributed by atoms with Crippen molar-refractivity contribution >= 4 is 23.2 Å². The molecule has 8 heteroatoms. The lowest BCUT2D eigenvalue weighted by Crippen LogP contribution is -2.51. The molecule has 0 aromatic heterocycles. The topological polar surface area (TPSA) is 53.4 Å². The minimum atomic E-state index is -0.679. The summed E-state index contributed by atoms with van der Waals surface area (Å²) in [5, 5.41) is 24.7. The molecule has 5 aliphatic rings. The fraction of sp³-hybridized carbons (Fsp3) is 0.854. The Morgan fingerprint density at radius 3 is 1.65 bits per heavy atom. The minimum Gasteiger partial charge on any atom is -0.390 e. The molecule has 2 saturated heterocycles. The zero-order chi connectivity index (χ0) is 34.7. The van der Waals surface area contributed by atoms with Gasteiger partial charge in [-0.3, -0.25) is 0 Å². The molecular formula is C41H70Cl2N4O2. The highest BCUT2D eigenvalue weighted by atomic mass is 35.5. The first kappa shape index (κ1) is 39.8. The van der Waals surface area contributed by atoms with E-state index in [0.717, 1.165) is 82.9 Å². The number of likely N-dealkylation sites (N-methyl/N-ethyl adjacent to an activating group) is 2. The Hall–Kier alpha value is -0.440. The summed E-state index contributed by atoms with van der Waals surface area (Å²) in [6.07, 6.45) is 21.6. The molecule has 6 rings (SSSR count). The van der Waals surface area contributed by atoms with Gasteiger partial charge in [0.2, 0.25) is 0 Å². The van der Waals surface area contributed by atoms with Crippen molar-refractivity contribution in [3.63, 3.8) is 0 Å². The second-order valence-electron chi connectivity index (χ2n) is 17.0. The molecule has 3 aliphatic carbocycles. The van der Waals surface area contributed by atoms with Crippen molar-refractivity contribution in [2.75, 3.05) is 79.5 Å². The van der Waals surface area contributed by atoms with Gasteiger partial charge in [-0.1, -0.05) is 106 Å². The van der Waals surface area contributed by atoms with Crippen molar-refractivity contribution in [3.8, 4) is 0 Å². The van der Waals surface area contributed by atoms with Gasteiger partial charge < -0.3 is 29.8 Å². The lowest BCUT2D eigenvalue weighted by molar-refractivity contribution is -0.0612. The molecule has 4 unspecified atom stereocenters. The molecule has 0 spiro atoms. The van der Waals surface area contributed by atoms with Crippen LogP contribution >= 0.6 is 23.2 Å². The van der Waals surface area contributed by atoms with Crippen molar-refractivity contribution in [3.05, 3.63) is 33.8 Å². The zero-order valence-electron chi connectivity index (χ0n) is 31.2. The van der Waals surface area contributed by atoms with Gasteiger partial charge in [-0.15, -0.1) is 0 Å².